The molecule has 98 valence electrons. The summed E-state index contributed by atoms with van der Waals surface area (Å²) in [5.41, 5.74) is 0.0594. The van der Waals surface area contributed by atoms with E-state index in [-0.39, 0.29) is 17.0 Å². The molecule has 7 heteroatoms. The summed E-state index contributed by atoms with van der Waals surface area (Å²) in [6.45, 7) is 0. The van der Waals surface area contributed by atoms with E-state index >= 15 is 0 Å². The molecule has 1 heterocycles. The molecule has 1 aromatic carbocycles. The molecule has 0 aliphatic rings. The summed E-state index contributed by atoms with van der Waals surface area (Å²) in [5.74, 6) is -1.94. The fourth-order valence-electron chi connectivity index (χ4n) is 1.41. The maximum Gasteiger partial charge on any atom is 0.335 e. The maximum atomic E-state index is 11.9. The molecule has 2 rings (SSSR count). The largest absolute Gasteiger partial charge is 0.506 e. The fourth-order valence-corrected chi connectivity index (χ4v) is 2.44. The number of thiophene rings is 1. The highest BCUT2D eigenvalue weighted by Crippen LogP contribution is 2.27. The number of amides is 1. The molecular weight excluding hydrogens is 290 g/mol. The predicted molar refractivity (Wildman–Crippen MR) is 72.3 cm³/mol. The number of hydrogen-bond acceptors (Lipinski definition) is 4. The molecule has 0 saturated carbocycles. The number of hydrogen-bond donors (Lipinski definition) is 3. The third-order valence-corrected chi connectivity index (χ3v) is 3.66. The normalized spacial score (nSPS) is 10.2. The number of aromatic hydroxyl groups is 1. The molecule has 5 nitrogen and oxygen atoms in total. The van der Waals surface area contributed by atoms with Crippen molar-refractivity contribution in [2.45, 2.75) is 0 Å². The van der Waals surface area contributed by atoms with Gasteiger partial charge in [-0.2, -0.15) is 0 Å². The van der Waals surface area contributed by atoms with Crippen LogP contribution in [0.2, 0.25) is 5.02 Å². The average Bonchev–Trinajstić information content (AvgIpc) is 2.77. The van der Waals surface area contributed by atoms with Crippen molar-refractivity contribution in [3.8, 4) is 5.75 Å². The lowest BCUT2D eigenvalue weighted by Crippen LogP contribution is -2.11. The van der Waals surface area contributed by atoms with Gasteiger partial charge in [-0.25, -0.2) is 4.79 Å². The van der Waals surface area contributed by atoms with E-state index in [1.165, 1.54) is 23.5 Å². The lowest BCUT2D eigenvalue weighted by atomic mass is 10.2. The van der Waals surface area contributed by atoms with Gasteiger partial charge in [0.2, 0.25) is 0 Å². The average molecular weight is 298 g/mol. The second kappa shape index (κ2) is 5.29. The molecule has 3 N–H and O–H groups in total. The highest BCUT2D eigenvalue weighted by Gasteiger charge is 2.14. The fraction of sp³-hybridized carbons (Fsp3) is 0. The molecule has 1 amide bonds. The molecule has 0 spiro atoms. The maximum absolute atomic E-state index is 11.9. The van der Waals surface area contributed by atoms with Gasteiger partial charge in [-0.05, 0) is 29.6 Å². The van der Waals surface area contributed by atoms with Crippen LogP contribution >= 0.6 is 22.9 Å². The van der Waals surface area contributed by atoms with Gasteiger partial charge in [0.25, 0.3) is 5.91 Å². The molecule has 0 fully saturated rings. The number of carbonyl (C=O) groups excluding carboxylic acids is 1. The van der Waals surface area contributed by atoms with E-state index in [1.54, 1.807) is 11.4 Å². The summed E-state index contributed by atoms with van der Waals surface area (Å²) < 4.78 is 0. The van der Waals surface area contributed by atoms with Crippen LogP contribution in [0, 0.1) is 0 Å². The summed E-state index contributed by atoms with van der Waals surface area (Å²) in [5, 5.41) is 22.9. The molecule has 0 bridgehead atoms. The van der Waals surface area contributed by atoms with Crippen LogP contribution in [-0.2, 0) is 0 Å². The second-order valence-corrected chi connectivity index (χ2v) is 4.91. The Hall–Kier alpha value is -2.05. The highest BCUT2D eigenvalue weighted by atomic mass is 35.5. The number of phenols is 1. The Balaban J connectivity index is 2.23. The van der Waals surface area contributed by atoms with Gasteiger partial charge in [-0.15, -0.1) is 11.3 Å². The number of carbonyl (C=O) groups is 2. The number of benzene rings is 1. The lowest BCUT2D eigenvalue weighted by Gasteiger charge is -2.07. The van der Waals surface area contributed by atoms with E-state index in [1.807, 2.05) is 0 Å². The number of rotatable bonds is 3. The lowest BCUT2D eigenvalue weighted by molar-refractivity contribution is 0.0696. The van der Waals surface area contributed by atoms with Crippen molar-refractivity contribution in [1.82, 2.24) is 0 Å². The number of carboxylic acids is 1. The summed E-state index contributed by atoms with van der Waals surface area (Å²) in [6.07, 6.45) is 0. The van der Waals surface area contributed by atoms with E-state index in [0.717, 1.165) is 6.07 Å². The van der Waals surface area contributed by atoms with Crippen LogP contribution in [-0.4, -0.2) is 22.1 Å². The second-order valence-electron chi connectivity index (χ2n) is 3.59. The van der Waals surface area contributed by atoms with E-state index in [0.29, 0.717) is 9.90 Å². The monoisotopic (exact) mass is 297 g/mol. The van der Waals surface area contributed by atoms with Crippen LogP contribution in [0.15, 0.2) is 29.6 Å². The van der Waals surface area contributed by atoms with Crippen LogP contribution in [0.3, 0.4) is 0 Å². The Morgan fingerprint density at radius 3 is 2.53 bits per heavy atom. The van der Waals surface area contributed by atoms with Gasteiger partial charge in [0, 0.05) is 0 Å². The first-order valence-electron chi connectivity index (χ1n) is 5.09. The van der Waals surface area contributed by atoms with Gasteiger partial charge in [-0.3, -0.25) is 4.79 Å². The van der Waals surface area contributed by atoms with Crippen molar-refractivity contribution >= 4 is 40.5 Å². The Morgan fingerprint density at radius 1 is 1.26 bits per heavy atom. The molecule has 0 radical (unpaired) electrons. The van der Waals surface area contributed by atoms with Crippen LogP contribution in [0.5, 0.6) is 5.75 Å². The summed E-state index contributed by atoms with van der Waals surface area (Å²) in [7, 11) is 0. The molecular formula is C12H8ClNO4S. The molecule has 2 aromatic rings. The molecule has 0 aliphatic heterocycles. The predicted octanol–water partition coefficient (Wildman–Crippen LogP) is 3.06. The summed E-state index contributed by atoms with van der Waals surface area (Å²) in [6, 6.07) is 5.26. The van der Waals surface area contributed by atoms with Crippen molar-refractivity contribution in [3.63, 3.8) is 0 Å². The Kier molecular flexibility index (Phi) is 3.73. The van der Waals surface area contributed by atoms with E-state index in [4.69, 9.17) is 16.7 Å². The van der Waals surface area contributed by atoms with Crippen molar-refractivity contribution < 1.29 is 19.8 Å². The van der Waals surface area contributed by atoms with Crippen molar-refractivity contribution in [2.24, 2.45) is 0 Å². The Bertz CT molecular complexity index is 653. The van der Waals surface area contributed by atoms with Crippen LogP contribution in [0.1, 0.15) is 20.0 Å². The summed E-state index contributed by atoms with van der Waals surface area (Å²) in [4.78, 5) is 22.9. The minimum atomic E-state index is -1.16. The zero-order valence-electron chi connectivity index (χ0n) is 9.38. The first-order valence-corrected chi connectivity index (χ1v) is 6.35. The number of anilines is 1. The van der Waals surface area contributed by atoms with E-state index < -0.39 is 11.9 Å². The SMILES string of the molecule is O=C(O)c1ccc(NC(=O)c2sccc2Cl)c(O)c1. The summed E-state index contributed by atoms with van der Waals surface area (Å²) >= 11 is 6.99. The van der Waals surface area contributed by atoms with Crippen molar-refractivity contribution in [2.75, 3.05) is 5.32 Å². The van der Waals surface area contributed by atoms with Gasteiger partial charge in [-0.1, -0.05) is 11.6 Å². The standard InChI is InChI=1S/C12H8ClNO4S/c13-7-3-4-19-10(7)11(16)14-8-2-1-6(12(17)18)5-9(8)15/h1-5,15H,(H,14,16)(H,17,18). The van der Waals surface area contributed by atoms with E-state index in [2.05, 4.69) is 5.32 Å². The molecule has 19 heavy (non-hydrogen) atoms. The molecule has 0 unspecified atom stereocenters. The zero-order chi connectivity index (χ0) is 14.0. The first-order chi connectivity index (χ1) is 8.99. The molecule has 0 saturated heterocycles. The molecule has 1 aromatic heterocycles. The molecule has 0 aliphatic carbocycles. The highest BCUT2D eigenvalue weighted by molar-refractivity contribution is 7.12. The topological polar surface area (TPSA) is 86.6 Å². The number of halogens is 1. The van der Waals surface area contributed by atoms with Crippen LogP contribution in [0.25, 0.3) is 0 Å². The van der Waals surface area contributed by atoms with Crippen LogP contribution < -0.4 is 5.32 Å². The van der Waals surface area contributed by atoms with E-state index in [9.17, 15) is 14.7 Å². The van der Waals surface area contributed by atoms with Gasteiger partial charge >= 0.3 is 5.97 Å². The minimum absolute atomic E-state index is 0.0651. The minimum Gasteiger partial charge on any atom is -0.506 e. The van der Waals surface area contributed by atoms with Gasteiger partial charge < -0.3 is 15.5 Å². The van der Waals surface area contributed by atoms with Crippen molar-refractivity contribution in [1.29, 1.82) is 0 Å². The van der Waals surface area contributed by atoms with Crippen molar-refractivity contribution in [3.05, 3.63) is 45.1 Å². The third-order valence-electron chi connectivity index (χ3n) is 2.32. The van der Waals surface area contributed by atoms with Gasteiger partial charge in [0.05, 0.1) is 16.3 Å². The number of aromatic carboxylic acids is 1. The number of phenolic OH excluding ortho intramolecular Hbond substituents is 1. The number of nitrogens with one attached hydrogen (secondary N) is 1. The third kappa shape index (κ3) is 2.86. The smallest absolute Gasteiger partial charge is 0.335 e. The first kappa shape index (κ1) is 13.4. The molecule has 0 atom stereocenters. The van der Waals surface area contributed by atoms with Crippen LogP contribution in [0.4, 0.5) is 5.69 Å². The van der Waals surface area contributed by atoms with Gasteiger partial charge in [0.1, 0.15) is 10.6 Å². The Morgan fingerprint density at radius 2 is 2.00 bits per heavy atom. The number of carboxylic acid groups (broad SMARTS) is 1. The van der Waals surface area contributed by atoms with Gasteiger partial charge in [0.15, 0.2) is 0 Å². The Labute approximate surface area is 117 Å². The quantitative estimate of drug-likeness (QED) is 0.760. The zero-order valence-corrected chi connectivity index (χ0v) is 11.0.